The largest absolute Gasteiger partial charge is 0.309 e. The summed E-state index contributed by atoms with van der Waals surface area (Å²) in [6.45, 7) is 6.49. The highest BCUT2D eigenvalue weighted by molar-refractivity contribution is 6.10. The summed E-state index contributed by atoms with van der Waals surface area (Å²) in [6, 6.07) is 72.6. The second kappa shape index (κ2) is 16.0. The van der Waals surface area contributed by atoms with E-state index < -0.39 is 0 Å². The summed E-state index contributed by atoms with van der Waals surface area (Å²) in [4.78, 5) is 10.0. The Morgan fingerprint density at radius 1 is 0.362 bits per heavy atom. The van der Waals surface area contributed by atoms with Crippen molar-refractivity contribution in [1.82, 2.24) is 14.5 Å². The first-order valence-electron chi connectivity index (χ1n) is 19.8. The van der Waals surface area contributed by atoms with Crippen molar-refractivity contribution in [3.8, 4) is 61.8 Å². The van der Waals surface area contributed by atoms with Gasteiger partial charge in [-0.3, -0.25) is 0 Å². The summed E-state index contributed by atoms with van der Waals surface area (Å²) < 4.78 is 2.39. The Hall–Kier alpha value is -7.36. The van der Waals surface area contributed by atoms with E-state index in [4.69, 9.17) is 9.97 Å². The van der Waals surface area contributed by atoms with Crippen LogP contribution in [-0.2, 0) is 0 Å². The van der Waals surface area contributed by atoms with Crippen LogP contribution in [0.4, 0.5) is 0 Å². The predicted molar refractivity (Wildman–Crippen MR) is 244 cm³/mol. The normalized spacial score (nSPS) is 11.0. The Morgan fingerprint density at radius 2 is 0.897 bits per heavy atom. The molecule has 10 aromatic rings. The molecule has 0 saturated heterocycles. The number of nitrogens with zero attached hydrogens (tertiary/aromatic N) is 3. The van der Waals surface area contributed by atoms with Crippen LogP contribution in [0.15, 0.2) is 206 Å². The number of para-hydroxylation sites is 1. The van der Waals surface area contributed by atoms with Gasteiger partial charge >= 0.3 is 0 Å². The van der Waals surface area contributed by atoms with Gasteiger partial charge in [-0.25, -0.2) is 9.97 Å². The molecule has 0 atom stereocenters. The van der Waals surface area contributed by atoms with Crippen LogP contribution in [0.25, 0.3) is 83.6 Å². The number of hydrogen-bond donors (Lipinski definition) is 0. The lowest BCUT2D eigenvalue weighted by Gasteiger charge is -2.16. The van der Waals surface area contributed by atoms with Crippen LogP contribution < -0.4 is 0 Å². The third kappa shape index (κ3) is 7.22. The number of benzene rings is 8. The molecule has 2 aromatic heterocycles. The van der Waals surface area contributed by atoms with Gasteiger partial charge in [0.1, 0.15) is 0 Å². The molecule has 2 heterocycles. The van der Waals surface area contributed by atoms with Crippen molar-refractivity contribution < 1.29 is 0 Å². The molecule has 0 radical (unpaired) electrons. The average Bonchev–Trinajstić information content (AvgIpc) is 3.61. The Bertz CT molecular complexity index is 2940. The Balaban J connectivity index is 0.000000565. The third-order valence-electron chi connectivity index (χ3n) is 10.9. The number of hydrogen-bond acceptors (Lipinski definition) is 2. The summed E-state index contributed by atoms with van der Waals surface area (Å²) in [5.74, 6) is 0.715. The topological polar surface area (TPSA) is 30.7 Å². The maximum atomic E-state index is 5.07. The first kappa shape index (κ1) is 36.3. The molecule has 0 bridgehead atoms. The van der Waals surface area contributed by atoms with E-state index in [1.807, 2.05) is 54.6 Å². The van der Waals surface area contributed by atoms with Gasteiger partial charge in [0.25, 0.3) is 0 Å². The minimum atomic E-state index is 0.715. The minimum absolute atomic E-state index is 0.715. The van der Waals surface area contributed by atoms with Crippen LogP contribution in [0, 0.1) is 20.8 Å². The predicted octanol–water partition coefficient (Wildman–Crippen LogP) is 14.5. The number of aryl methyl sites for hydroxylation is 3. The molecule has 58 heavy (non-hydrogen) atoms. The first-order chi connectivity index (χ1) is 28.5. The lowest BCUT2D eigenvalue weighted by atomic mass is 9.89. The van der Waals surface area contributed by atoms with Crippen molar-refractivity contribution in [3.63, 3.8) is 0 Å². The molecule has 0 aliphatic carbocycles. The summed E-state index contributed by atoms with van der Waals surface area (Å²) in [5, 5.41) is 2.47. The second-order valence-corrected chi connectivity index (χ2v) is 14.8. The van der Waals surface area contributed by atoms with E-state index in [1.54, 1.807) is 0 Å². The zero-order chi connectivity index (χ0) is 39.4. The van der Waals surface area contributed by atoms with Gasteiger partial charge in [0.2, 0.25) is 0 Å². The second-order valence-electron chi connectivity index (χ2n) is 14.8. The fourth-order valence-corrected chi connectivity index (χ4v) is 7.92. The van der Waals surface area contributed by atoms with Crippen LogP contribution in [0.1, 0.15) is 16.7 Å². The first-order valence-corrected chi connectivity index (χ1v) is 19.8. The number of fused-ring (bicyclic) bond motifs is 3. The van der Waals surface area contributed by atoms with Crippen LogP contribution >= 0.6 is 0 Å². The van der Waals surface area contributed by atoms with Crippen molar-refractivity contribution in [1.29, 1.82) is 0 Å². The van der Waals surface area contributed by atoms with Crippen molar-refractivity contribution >= 4 is 21.8 Å². The highest BCUT2D eigenvalue weighted by Gasteiger charge is 2.17. The lowest BCUT2D eigenvalue weighted by molar-refractivity contribution is 1.17. The summed E-state index contributed by atoms with van der Waals surface area (Å²) in [5.41, 5.74) is 17.2. The molecule has 278 valence electrons. The minimum Gasteiger partial charge on any atom is -0.309 e. The van der Waals surface area contributed by atoms with Gasteiger partial charge in [0.05, 0.1) is 22.4 Å². The standard InChI is InChI=1S/C48H35N3.C7H8/c1-32-14-9-10-20-39(32)47-33(2)15-13-22-40(47)37-26-29-42-41-21-11-12-23-45(41)51(46(42)30-37)38-27-24-35(25-28-38)44-31-43(34-16-5-3-6-17-34)49-48(50-44)36-18-7-4-8-19-36;1-7-5-3-2-4-6-7/h3-31H,1-2H3;2-6H,1H3. The van der Waals surface area contributed by atoms with Gasteiger partial charge in [-0.15, -0.1) is 0 Å². The molecule has 10 rings (SSSR count). The smallest absolute Gasteiger partial charge is 0.160 e. The molecule has 0 aliphatic heterocycles. The van der Waals surface area contributed by atoms with Gasteiger partial charge in [0, 0.05) is 33.2 Å². The molecule has 0 fully saturated rings. The van der Waals surface area contributed by atoms with E-state index in [-0.39, 0.29) is 0 Å². The highest BCUT2D eigenvalue weighted by Crippen LogP contribution is 2.40. The van der Waals surface area contributed by atoms with Crippen LogP contribution in [0.3, 0.4) is 0 Å². The van der Waals surface area contributed by atoms with Gasteiger partial charge < -0.3 is 4.57 Å². The fourth-order valence-electron chi connectivity index (χ4n) is 7.92. The van der Waals surface area contributed by atoms with Crippen LogP contribution in [-0.4, -0.2) is 14.5 Å². The molecule has 0 spiro atoms. The van der Waals surface area contributed by atoms with E-state index in [0.29, 0.717) is 5.82 Å². The summed E-state index contributed by atoms with van der Waals surface area (Å²) in [7, 11) is 0. The Kier molecular flexibility index (Phi) is 10.0. The maximum absolute atomic E-state index is 5.07. The van der Waals surface area contributed by atoms with E-state index in [1.165, 1.54) is 60.8 Å². The van der Waals surface area contributed by atoms with Crippen LogP contribution in [0.5, 0.6) is 0 Å². The molecule has 0 amide bonds. The van der Waals surface area contributed by atoms with E-state index in [2.05, 4.69) is 177 Å². The van der Waals surface area contributed by atoms with E-state index in [0.717, 1.165) is 33.8 Å². The average molecular weight is 746 g/mol. The molecular formula is C55H43N3. The van der Waals surface area contributed by atoms with Crippen molar-refractivity contribution in [2.75, 3.05) is 0 Å². The van der Waals surface area contributed by atoms with Crippen molar-refractivity contribution in [2.24, 2.45) is 0 Å². The summed E-state index contributed by atoms with van der Waals surface area (Å²) >= 11 is 0. The molecule has 0 N–H and O–H groups in total. The highest BCUT2D eigenvalue weighted by atomic mass is 15.0. The van der Waals surface area contributed by atoms with Crippen molar-refractivity contribution in [3.05, 3.63) is 223 Å². The molecule has 3 nitrogen and oxygen atoms in total. The molecule has 0 saturated carbocycles. The molecule has 3 heteroatoms. The van der Waals surface area contributed by atoms with E-state index >= 15 is 0 Å². The number of aromatic nitrogens is 3. The van der Waals surface area contributed by atoms with Crippen molar-refractivity contribution in [2.45, 2.75) is 20.8 Å². The lowest BCUT2D eigenvalue weighted by Crippen LogP contribution is -1.97. The third-order valence-corrected chi connectivity index (χ3v) is 10.9. The Labute approximate surface area is 340 Å². The SMILES string of the molecule is Cc1ccccc1.Cc1ccccc1-c1c(C)cccc1-c1ccc2c3ccccc3n(-c3ccc(-c4cc(-c5ccccc5)nc(-c5ccccc5)n4)cc3)c2c1. The quantitative estimate of drug-likeness (QED) is 0.170. The maximum Gasteiger partial charge on any atom is 0.160 e. The summed E-state index contributed by atoms with van der Waals surface area (Å²) in [6.07, 6.45) is 0. The van der Waals surface area contributed by atoms with Crippen LogP contribution in [0.2, 0.25) is 0 Å². The van der Waals surface area contributed by atoms with Gasteiger partial charge in [-0.05, 0) is 84.5 Å². The number of rotatable bonds is 6. The molecule has 0 aliphatic rings. The zero-order valence-electron chi connectivity index (χ0n) is 33.0. The zero-order valence-corrected chi connectivity index (χ0v) is 33.0. The van der Waals surface area contributed by atoms with Gasteiger partial charge in [0.15, 0.2) is 5.82 Å². The molecular weight excluding hydrogens is 703 g/mol. The Morgan fingerprint density at radius 3 is 1.57 bits per heavy atom. The fraction of sp³-hybridized carbons (Fsp3) is 0.0545. The molecule has 8 aromatic carbocycles. The van der Waals surface area contributed by atoms with Gasteiger partial charge in [-0.1, -0.05) is 181 Å². The van der Waals surface area contributed by atoms with E-state index in [9.17, 15) is 0 Å². The molecule has 0 unspecified atom stereocenters. The monoisotopic (exact) mass is 745 g/mol. The van der Waals surface area contributed by atoms with Gasteiger partial charge in [-0.2, -0.15) is 0 Å².